The summed E-state index contributed by atoms with van der Waals surface area (Å²) in [6, 6.07) is 10.6. The molecule has 0 saturated heterocycles. The van der Waals surface area contributed by atoms with Gasteiger partial charge in [-0.2, -0.15) is 21.4 Å². The third-order valence-corrected chi connectivity index (χ3v) is 10.8. The van der Waals surface area contributed by atoms with Gasteiger partial charge in [-0.15, -0.1) is 0 Å². The van der Waals surface area contributed by atoms with E-state index in [4.69, 9.17) is 9.52 Å². The number of aliphatic carboxylic acids is 1. The van der Waals surface area contributed by atoms with Crippen molar-refractivity contribution >= 4 is 49.1 Å². The van der Waals surface area contributed by atoms with Crippen LogP contribution in [0.2, 0.25) is 0 Å². The molecule has 290 valence electrons. The first-order chi connectivity index (χ1) is 25.3. The van der Waals surface area contributed by atoms with Crippen LogP contribution in [0.1, 0.15) is 61.6 Å². The van der Waals surface area contributed by atoms with E-state index in [1.165, 1.54) is 42.2 Å². The largest absolute Gasteiger partial charge is 0.481 e. The molecule has 3 aromatic carbocycles. The summed E-state index contributed by atoms with van der Waals surface area (Å²) >= 11 is 0. The van der Waals surface area contributed by atoms with Crippen LogP contribution in [0.4, 0.5) is 27.6 Å². The van der Waals surface area contributed by atoms with Crippen molar-refractivity contribution in [3.8, 4) is 0 Å². The summed E-state index contributed by atoms with van der Waals surface area (Å²) in [5, 5.41) is 9.10. The second-order valence-corrected chi connectivity index (χ2v) is 16.3. The summed E-state index contributed by atoms with van der Waals surface area (Å²) in [6.07, 6.45) is 3.65. The van der Waals surface area contributed by atoms with Crippen molar-refractivity contribution in [2.24, 2.45) is 0 Å². The summed E-state index contributed by atoms with van der Waals surface area (Å²) in [4.78, 5) is 12.3. The molecule has 0 bridgehead atoms. The maximum Gasteiger partial charge on any atom is 0.374 e. The molecule has 3 N–H and O–H groups in total. The Labute approximate surface area is 307 Å². The van der Waals surface area contributed by atoms with Crippen LogP contribution in [0.5, 0.6) is 0 Å². The van der Waals surface area contributed by atoms with E-state index < -0.39 is 83.5 Å². The average Bonchev–Trinajstić information content (AvgIpc) is 3.53. The number of oxazole rings is 1. The molecule has 11 nitrogen and oxygen atoms in total. The van der Waals surface area contributed by atoms with Gasteiger partial charge in [-0.25, -0.2) is 22.0 Å². The summed E-state index contributed by atoms with van der Waals surface area (Å²) in [6.45, 7) is 1.36. The number of unbranched alkanes of at least 4 members (excludes halogenated alkanes) is 2. The van der Waals surface area contributed by atoms with Crippen LogP contribution in [-0.2, 0) is 43.4 Å². The average molecular weight is 800 g/mol. The van der Waals surface area contributed by atoms with Crippen LogP contribution in [0.15, 0.2) is 64.7 Å². The lowest BCUT2D eigenvalue weighted by Gasteiger charge is -2.30. The molecular weight excluding hydrogens is 764 g/mol. The lowest BCUT2D eigenvalue weighted by atomic mass is 9.76. The zero-order valence-electron chi connectivity index (χ0n) is 28.7. The molecule has 5 rings (SSSR count). The SMILES string of the molecule is CC1(CCCCS(=O)(=O)O)/C(=C\C=C\c2oc3cc(F)ccc3[n+]2Cc2ccc(CC(=O)O)cc2)N(CCCCS(=O)(=O)O)c2c(F)c(F)c(F)c(F)c21. The summed E-state index contributed by atoms with van der Waals surface area (Å²) < 4.78 is 147. The van der Waals surface area contributed by atoms with Gasteiger partial charge >= 0.3 is 11.9 Å². The Hall–Kier alpha value is -4.65. The first kappa shape index (κ1) is 40.5. The van der Waals surface area contributed by atoms with Gasteiger partial charge in [-0.1, -0.05) is 36.8 Å². The molecule has 0 saturated carbocycles. The van der Waals surface area contributed by atoms with Crippen LogP contribution in [0.25, 0.3) is 17.2 Å². The minimum Gasteiger partial charge on any atom is -0.481 e. The fraction of sp³-hybridized carbons (Fsp3) is 0.333. The van der Waals surface area contributed by atoms with Crippen molar-refractivity contribution in [1.29, 1.82) is 0 Å². The zero-order valence-corrected chi connectivity index (χ0v) is 30.4. The molecule has 54 heavy (non-hydrogen) atoms. The molecule has 1 unspecified atom stereocenters. The van der Waals surface area contributed by atoms with E-state index in [1.54, 1.807) is 28.8 Å². The summed E-state index contributed by atoms with van der Waals surface area (Å²) in [5.74, 6) is -10.3. The van der Waals surface area contributed by atoms with E-state index in [0.717, 1.165) is 11.6 Å². The van der Waals surface area contributed by atoms with Gasteiger partial charge in [0.15, 0.2) is 29.8 Å². The zero-order chi connectivity index (χ0) is 39.6. The Balaban J connectivity index is 1.60. The van der Waals surface area contributed by atoms with Gasteiger partial charge in [-0.3, -0.25) is 13.9 Å². The first-order valence-corrected chi connectivity index (χ1v) is 19.9. The van der Waals surface area contributed by atoms with Crippen molar-refractivity contribution < 1.29 is 66.8 Å². The van der Waals surface area contributed by atoms with Gasteiger partial charge in [0.1, 0.15) is 5.82 Å². The number of anilines is 1. The molecule has 2 heterocycles. The highest BCUT2D eigenvalue weighted by molar-refractivity contribution is 7.86. The van der Waals surface area contributed by atoms with Crippen molar-refractivity contribution in [3.05, 3.63) is 112 Å². The van der Waals surface area contributed by atoms with E-state index in [9.17, 15) is 43.9 Å². The quantitative estimate of drug-likeness (QED) is 0.0285. The van der Waals surface area contributed by atoms with Crippen molar-refractivity contribution in [2.45, 2.75) is 57.4 Å². The number of hydrogen-bond acceptors (Lipinski definition) is 7. The van der Waals surface area contributed by atoms with Crippen molar-refractivity contribution in [3.63, 3.8) is 0 Å². The number of fused-ring (bicyclic) bond motifs is 2. The number of hydrogen-bond donors (Lipinski definition) is 3. The number of rotatable bonds is 16. The van der Waals surface area contributed by atoms with Crippen molar-refractivity contribution in [1.82, 2.24) is 0 Å². The third-order valence-electron chi connectivity index (χ3n) is 9.19. The maximum atomic E-state index is 15.7. The molecule has 0 radical (unpaired) electrons. The highest BCUT2D eigenvalue weighted by Gasteiger charge is 2.49. The number of aromatic nitrogens is 1. The molecule has 18 heteroatoms. The molecular formula is C36H36F5N2O9S2+. The standard InChI is InChI=1S/C36H35F5N2O9S2/c1-36(15-2-4-17-53(46,47)48)27(42(16-3-5-18-54(49,50)51)35-30(36)31(38)32(39)33(40)34(35)41)7-6-8-28-43(25-14-13-24(37)20-26(25)52-28)21-23-11-9-22(10-12-23)19-29(44)45/h6-14,20H,2-5,15-19,21H2,1H3,(H2-,44,45,46,47,48,49,50,51)/p+1. The Kier molecular flexibility index (Phi) is 12.0. The van der Waals surface area contributed by atoms with Gasteiger partial charge in [0.2, 0.25) is 5.58 Å². The maximum absolute atomic E-state index is 15.7. The topological polar surface area (TPSA) is 166 Å². The lowest BCUT2D eigenvalue weighted by Crippen LogP contribution is -2.35. The number of allylic oxidation sites excluding steroid dienone is 3. The molecule has 0 amide bonds. The van der Waals surface area contributed by atoms with Gasteiger partial charge in [0.25, 0.3) is 25.8 Å². The Morgan fingerprint density at radius 1 is 0.852 bits per heavy atom. The number of halogens is 5. The number of benzene rings is 3. The Morgan fingerprint density at radius 3 is 2.09 bits per heavy atom. The van der Waals surface area contributed by atoms with Gasteiger partial charge < -0.3 is 14.4 Å². The minimum absolute atomic E-state index is 0.00612. The predicted molar refractivity (Wildman–Crippen MR) is 187 cm³/mol. The molecule has 1 aromatic heterocycles. The fourth-order valence-electron chi connectivity index (χ4n) is 6.71. The van der Waals surface area contributed by atoms with E-state index in [2.05, 4.69) is 0 Å². The van der Waals surface area contributed by atoms with Crippen LogP contribution < -0.4 is 9.47 Å². The lowest BCUT2D eigenvalue weighted by molar-refractivity contribution is -0.669. The van der Waals surface area contributed by atoms with E-state index in [1.807, 2.05) is 0 Å². The number of carboxylic acid groups (broad SMARTS) is 1. The van der Waals surface area contributed by atoms with Gasteiger partial charge in [-0.05, 0) is 50.3 Å². The van der Waals surface area contributed by atoms with E-state index in [-0.39, 0.29) is 68.8 Å². The van der Waals surface area contributed by atoms with E-state index in [0.29, 0.717) is 11.1 Å². The Bertz CT molecular complexity index is 2360. The molecule has 1 atom stereocenters. The number of nitrogens with zero attached hydrogens (tertiary/aromatic N) is 2. The molecule has 4 aromatic rings. The molecule has 0 fully saturated rings. The number of carbonyl (C=O) groups is 1. The molecule has 0 spiro atoms. The van der Waals surface area contributed by atoms with Gasteiger partial charge in [0.05, 0.1) is 29.7 Å². The van der Waals surface area contributed by atoms with Crippen molar-refractivity contribution in [2.75, 3.05) is 23.0 Å². The van der Waals surface area contributed by atoms with Crippen LogP contribution in [0.3, 0.4) is 0 Å². The fourth-order valence-corrected chi connectivity index (χ4v) is 7.85. The highest BCUT2D eigenvalue weighted by Crippen LogP contribution is 2.54. The molecule has 1 aliphatic heterocycles. The van der Waals surface area contributed by atoms with Crippen LogP contribution in [0, 0.1) is 29.1 Å². The number of carboxylic acids is 1. The van der Waals surface area contributed by atoms with Gasteiger partial charge in [0, 0.05) is 40.9 Å². The van der Waals surface area contributed by atoms with Crippen LogP contribution >= 0.6 is 0 Å². The first-order valence-electron chi connectivity index (χ1n) is 16.6. The Morgan fingerprint density at radius 2 is 1.46 bits per heavy atom. The summed E-state index contributed by atoms with van der Waals surface area (Å²) in [5.41, 5.74) is -0.802. The predicted octanol–water partition coefficient (Wildman–Crippen LogP) is 6.49. The summed E-state index contributed by atoms with van der Waals surface area (Å²) in [7, 11) is -8.76. The smallest absolute Gasteiger partial charge is 0.374 e. The monoisotopic (exact) mass is 799 g/mol. The van der Waals surface area contributed by atoms with E-state index >= 15 is 8.78 Å². The second kappa shape index (κ2) is 16.0. The minimum atomic E-state index is -4.38. The molecule has 1 aliphatic rings. The normalized spacial score (nSPS) is 17.0. The van der Waals surface area contributed by atoms with Crippen LogP contribution in [-0.4, -0.2) is 55.1 Å². The molecule has 0 aliphatic carbocycles. The highest BCUT2D eigenvalue weighted by atomic mass is 32.2. The second-order valence-electron chi connectivity index (χ2n) is 13.1. The third kappa shape index (κ3) is 9.17.